The predicted molar refractivity (Wildman–Crippen MR) is 99.4 cm³/mol. The number of rotatable bonds is 5. The van der Waals surface area contributed by atoms with Crippen molar-refractivity contribution < 1.29 is 14.3 Å². The second-order valence-corrected chi connectivity index (χ2v) is 6.22. The Morgan fingerprint density at radius 3 is 2.77 bits per heavy atom. The summed E-state index contributed by atoms with van der Waals surface area (Å²) in [5.41, 5.74) is 3.25. The number of dihydropyridines is 1. The highest BCUT2D eigenvalue weighted by Gasteiger charge is 2.22. The number of hydrogen-bond donors (Lipinski definition) is 3. The van der Waals surface area contributed by atoms with Gasteiger partial charge in [0.2, 0.25) is 0 Å². The minimum Gasteiger partial charge on any atom is -0.383 e. The number of nitrogens with one attached hydrogen (secondary N) is 3. The molecule has 3 amide bonds. The van der Waals surface area contributed by atoms with Crippen molar-refractivity contribution in [1.29, 1.82) is 0 Å². The Morgan fingerprint density at radius 2 is 2.08 bits per heavy atom. The molecule has 0 saturated heterocycles. The van der Waals surface area contributed by atoms with Crippen LogP contribution in [-0.2, 0) is 4.74 Å². The molecule has 0 aliphatic carbocycles. The average molecular weight is 354 g/mol. The number of nitrogens with zero attached hydrogens (tertiary/aromatic N) is 1. The second kappa shape index (κ2) is 7.88. The van der Waals surface area contributed by atoms with E-state index in [4.69, 9.17) is 4.74 Å². The highest BCUT2D eigenvalue weighted by molar-refractivity contribution is 5.96. The largest absolute Gasteiger partial charge is 0.383 e. The highest BCUT2D eigenvalue weighted by atomic mass is 16.5. The summed E-state index contributed by atoms with van der Waals surface area (Å²) in [5, 5.41) is 8.70. The number of methoxy groups -OCH3 is 1. The Morgan fingerprint density at radius 1 is 1.31 bits per heavy atom. The molecule has 1 unspecified atom stereocenters. The van der Waals surface area contributed by atoms with Crippen LogP contribution in [0.5, 0.6) is 0 Å². The first-order valence-electron chi connectivity index (χ1n) is 8.38. The van der Waals surface area contributed by atoms with Crippen LogP contribution in [0.25, 0.3) is 0 Å². The lowest BCUT2D eigenvalue weighted by molar-refractivity contribution is 0.0905. The van der Waals surface area contributed by atoms with Crippen molar-refractivity contribution >= 4 is 17.6 Å². The Balaban J connectivity index is 1.58. The van der Waals surface area contributed by atoms with E-state index in [1.54, 1.807) is 36.3 Å². The van der Waals surface area contributed by atoms with Crippen molar-refractivity contribution in [2.75, 3.05) is 25.6 Å². The van der Waals surface area contributed by atoms with Crippen LogP contribution < -0.4 is 16.0 Å². The van der Waals surface area contributed by atoms with Gasteiger partial charge in [-0.1, -0.05) is 0 Å². The number of allylic oxidation sites excluding steroid dienone is 1. The number of anilines is 1. The molecule has 0 bridgehead atoms. The van der Waals surface area contributed by atoms with Crippen molar-refractivity contribution in [3.63, 3.8) is 0 Å². The molecular formula is C19H22N4O3. The summed E-state index contributed by atoms with van der Waals surface area (Å²) >= 11 is 0. The van der Waals surface area contributed by atoms with Gasteiger partial charge in [-0.05, 0) is 48.4 Å². The van der Waals surface area contributed by atoms with Gasteiger partial charge in [0.05, 0.1) is 13.2 Å². The van der Waals surface area contributed by atoms with Crippen molar-refractivity contribution in [3.05, 3.63) is 65.7 Å². The van der Waals surface area contributed by atoms with Gasteiger partial charge in [-0.3, -0.25) is 9.69 Å². The highest BCUT2D eigenvalue weighted by Crippen LogP contribution is 2.24. The minimum absolute atomic E-state index is 0.0727. The van der Waals surface area contributed by atoms with Crippen LogP contribution in [0.15, 0.2) is 60.1 Å². The number of urea groups is 1. The fourth-order valence-electron chi connectivity index (χ4n) is 2.77. The molecule has 26 heavy (non-hydrogen) atoms. The van der Waals surface area contributed by atoms with Crippen molar-refractivity contribution in [2.24, 2.45) is 0 Å². The molecule has 3 N–H and O–H groups in total. The van der Waals surface area contributed by atoms with E-state index in [2.05, 4.69) is 16.0 Å². The Kier molecular flexibility index (Phi) is 5.38. The summed E-state index contributed by atoms with van der Waals surface area (Å²) in [7, 11) is 1.59. The number of carbonyl (C=O) groups excluding carboxylic acids is 2. The third-order valence-electron chi connectivity index (χ3n) is 4.08. The first-order chi connectivity index (χ1) is 12.6. The molecule has 136 valence electrons. The van der Waals surface area contributed by atoms with Crippen molar-refractivity contribution in [1.82, 2.24) is 15.5 Å². The number of carbonyl (C=O) groups is 2. The predicted octanol–water partition coefficient (Wildman–Crippen LogP) is 2.18. The van der Waals surface area contributed by atoms with Gasteiger partial charge >= 0.3 is 6.03 Å². The first-order valence-corrected chi connectivity index (χ1v) is 8.38. The topological polar surface area (TPSA) is 82.7 Å². The van der Waals surface area contributed by atoms with Crippen LogP contribution in [0.1, 0.15) is 17.3 Å². The molecule has 2 heterocycles. The molecule has 0 radical (unpaired) electrons. The molecule has 7 heteroatoms. The Hall–Kier alpha value is -3.06. The van der Waals surface area contributed by atoms with Crippen LogP contribution in [0.4, 0.5) is 10.5 Å². The van der Waals surface area contributed by atoms with Gasteiger partial charge in [0.15, 0.2) is 0 Å². The van der Waals surface area contributed by atoms with Crippen molar-refractivity contribution in [3.8, 4) is 0 Å². The normalized spacial score (nSPS) is 16.2. The van der Waals surface area contributed by atoms with E-state index in [1.165, 1.54) is 0 Å². The lowest BCUT2D eigenvalue weighted by Gasteiger charge is -2.15. The maximum atomic E-state index is 12.4. The van der Waals surface area contributed by atoms with Crippen LogP contribution in [0, 0.1) is 0 Å². The Labute approximate surface area is 152 Å². The van der Waals surface area contributed by atoms with E-state index in [1.807, 2.05) is 31.6 Å². The number of fused-ring (bicyclic) bond motifs is 1. The third-order valence-corrected chi connectivity index (χ3v) is 4.08. The summed E-state index contributed by atoms with van der Waals surface area (Å²) in [6.07, 6.45) is 7.46. The van der Waals surface area contributed by atoms with Crippen LogP contribution in [0.2, 0.25) is 0 Å². The smallest absolute Gasteiger partial charge is 0.326 e. The van der Waals surface area contributed by atoms with E-state index >= 15 is 0 Å². The summed E-state index contributed by atoms with van der Waals surface area (Å²) in [6.45, 7) is 2.85. The molecule has 0 spiro atoms. The first kappa shape index (κ1) is 17.8. The Bertz CT molecular complexity index is 780. The van der Waals surface area contributed by atoms with Gasteiger partial charge in [-0.25, -0.2) is 4.79 Å². The van der Waals surface area contributed by atoms with Gasteiger partial charge in [0.1, 0.15) is 0 Å². The van der Waals surface area contributed by atoms with E-state index in [0.717, 1.165) is 11.1 Å². The molecule has 3 rings (SSSR count). The van der Waals surface area contributed by atoms with E-state index in [9.17, 15) is 9.59 Å². The second-order valence-electron chi connectivity index (χ2n) is 6.22. The maximum Gasteiger partial charge on any atom is 0.326 e. The molecular weight excluding hydrogens is 332 g/mol. The molecule has 0 aromatic heterocycles. The fraction of sp³-hybridized carbons (Fsp3) is 0.263. The van der Waals surface area contributed by atoms with E-state index in [-0.39, 0.29) is 18.0 Å². The van der Waals surface area contributed by atoms with Gasteiger partial charge in [-0.2, -0.15) is 0 Å². The molecule has 1 atom stereocenters. The summed E-state index contributed by atoms with van der Waals surface area (Å²) in [6, 6.07) is 6.50. The molecule has 1 aromatic carbocycles. The number of benzene rings is 1. The number of ether oxygens (including phenoxy) is 1. The van der Waals surface area contributed by atoms with Crippen LogP contribution in [0.3, 0.4) is 0 Å². The average Bonchev–Trinajstić information content (AvgIpc) is 3.07. The molecule has 2 aliphatic heterocycles. The van der Waals surface area contributed by atoms with Gasteiger partial charge < -0.3 is 20.7 Å². The maximum absolute atomic E-state index is 12.4. The zero-order chi connectivity index (χ0) is 18.5. The lowest BCUT2D eigenvalue weighted by atomic mass is 10.1. The molecule has 7 nitrogen and oxygen atoms in total. The summed E-state index contributed by atoms with van der Waals surface area (Å²) in [5.74, 6) is -0.174. The van der Waals surface area contributed by atoms with Crippen LogP contribution in [-0.4, -0.2) is 43.1 Å². The number of amides is 3. The fourth-order valence-corrected chi connectivity index (χ4v) is 2.77. The molecule has 1 aromatic rings. The molecule has 2 aliphatic rings. The third kappa shape index (κ3) is 4.12. The van der Waals surface area contributed by atoms with Gasteiger partial charge in [-0.15, -0.1) is 0 Å². The minimum atomic E-state index is -0.216. The SMILES string of the molecule is COCC(C)NC(=O)c1ccc(NC(=O)N2C=C3C=CNC=C3C2)cc1. The zero-order valence-electron chi connectivity index (χ0n) is 14.8. The number of hydrogen-bond acceptors (Lipinski definition) is 4. The quantitative estimate of drug-likeness (QED) is 0.757. The standard InChI is InChI=1S/C19H22N4O3/c1-13(12-26-2)21-18(24)14-3-5-17(6-4-14)22-19(25)23-10-15-7-8-20-9-16(15)11-23/h3-10,13,20H,11-12H2,1-2H3,(H,21,24)(H,22,25). The zero-order valence-corrected chi connectivity index (χ0v) is 14.8. The lowest BCUT2D eigenvalue weighted by Crippen LogP contribution is -2.35. The summed E-state index contributed by atoms with van der Waals surface area (Å²) in [4.78, 5) is 26.1. The summed E-state index contributed by atoms with van der Waals surface area (Å²) < 4.78 is 5.00. The van der Waals surface area contributed by atoms with E-state index < -0.39 is 0 Å². The van der Waals surface area contributed by atoms with Crippen LogP contribution >= 0.6 is 0 Å². The molecule has 0 saturated carbocycles. The molecule has 0 fully saturated rings. The van der Waals surface area contributed by atoms with Gasteiger partial charge in [0, 0.05) is 43.0 Å². The van der Waals surface area contributed by atoms with Gasteiger partial charge in [0.25, 0.3) is 5.91 Å². The van der Waals surface area contributed by atoms with E-state index in [0.29, 0.717) is 24.4 Å². The monoisotopic (exact) mass is 354 g/mol. The van der Waals surface area contributed by atoms with Crippen molar-refractivity contribution in [2.45, 2.75) is 13.0 Å².